The van der Waals surface area contributed by atoms with Crippen LogP contribution in [0.4, 0.5) is 0 Å². The molecule has 10 rings (SSSR count). The average Bonchev–Trinajstić information content (AvgIpc) is 3.75. The Morgan fingerprint density at radius 1 is 0.346 bits per heavy atom. The van der Waals surface area contributed by atoms with Gasteiger partial charge in [0.2, 0.25) is 0 Å². The summed E-state index contributed by atoms with van der Waals surface area (Å²) in [4.78, 5) is 0. The van der Waals surface area contributed by atoms with Crippen LogP contribution in [-0.4, -0.2) is 4.57 Å². The molecular weight excluding hydrogens is 627 g/mol. The van der Waals surface area contributed by atoms with Gasteiger partial charge in [0.1, 0.15) is 0 Å². The number of fused-ring (bicyclic) bond motifs is 5. The summed E-state index contributed by atoms with van der Waals surface area (Å²) in [6.45, 7) is 4.74. The van der Waals surface area contributed by atoms with Gasteiger partial charge in [-0.3, -0.25) is 0 Å². The third-order valence-corrected chi connectivity index (χ3v) is 11.2. The Hall–Kier alpha value is -6.44. The zero-order chi connectivity index (χ0) is 34.8. The molecule has 9 aromatic rings. The highest BCUT2D eigenvalue weighted by atomic mass is 15.0. The van der Waals surface area contributed by atoms with Crippen molar-refractivity contribution in [3.8, 4) is 61.6 Å². The van der Waals surface area contributed by atoms with Gasteiger partial charge in [-0.1, -0.05) is 172 Å². The van der Waals surface area contributed by atoms with Crippen molar-refractivity contribution >= 4 is 21.5 Å². The minimum Gasteiger partial charge on any atom is -0.309 e. The van der Waals surface area contributed by atoms with Crippen LogP contribution in [0.5, 0.6) is 0 Å². The largest absolute Gasteiger partial charge is 0.309 e. The summed E-state index contributed by atoms with van der Waals surface area (Å²) in [5, 5.41) is 5.03. The van der Waals surface area contributed by atoms with Crippen molar-refractivity contribution in [1.29, 1.82) is 0 Å². The molecule has 1 aliphatic carbocycles. The molecule has 0 spiro atoms. The number of hydrogen-bond acceptors (Lipinski definition) is 0. The van der Waals surface area contributed by atoms with E-state index in [4.69, 9.17) is 0 Å². The maximum absolute atomic E-state index is 2.48. The van der Waals surface area contributed by atoms with Crippen LogP contribution in [0.2, 0.25) is 0 Å². The second-order valence-electron chi connectivity index (χ2n) is 14.5. The molecule has 246 valence electrons. The molecule has 0 amide bonds. The molecule has 1 heteroatoms. The van der Waals surface area contributed by atoms with Crippen molar-refractivity contribution in [2.75, 3.05) is 0 Å². The van der Waals surface area contributed by atoms with E-state index in [1.807, 2.05) is 0 Å². The van der Waals surface area contributed by atoms with Crippen molar-refractivity contribution in [3.63, 3.8) is 0 Å². The second-order valence-corrected chi connectivity index (χ2v) is 14.5. The number of benzene rings is 8. The second kappa shape index (κ2) is 11.8. The zero-order valence-corrected chi connectivity index (χ0v) is 29.3. The summed E-state index contributed by atoms with van der Waals surface area (Å²) in [7, 11) is 0. The first-order chi connectivity index (χ1) is 25.6. The molecule has 0 radical (unpaired) electrons. The highest BCUT2D eigenvalue weighted by Crippen LogP contribution is 2.51. The van der Waals surface area contributed by atoms with E-state index >= 15 is 0 Å². The lowest BCUT2D eigenvalue weighted by Gasteiger charge is -2.23. The van der Waals surface area contributed by atoms with E-state index in [0.29, 0.717) is 0 Å². The van der Waals surface area contributed by atoms with Crippen LogP contribution in [0.3, 0.4) is 0 Å². The molecule has 0 saturated carbocycles. The van der Waals surface area contributed by atoms with Gasteiger partial charge in [0.15, 0.2) is 0 Å². The fraction of sp³-hybridized carbons (Fsp3) is 0.0588. The Morgan fingerprint density at radius 3 is 1.48 bits per heavy atom. The van der Waals surface area contributed by atoms with E-state index in [-0.39, 0.29) is 5.41 Å². The van der Waals surface area contributed by atoms with Gasteiger partial charge >= 0.3 is 0 Å². The molecule has 0 saturated heterocycles. The van der Waals surface area contributed by atoms with Crippen molar-refractivity contribution in [3.05, 3.63) is 199 Å². The van der Waals surface area contributed by atoms with Crippen LogP contribution in [-0.2, 0) is 5.41 Å². The summed E-state index contributed by atoms with van der Waals surface area (Å²) in [6, 6.07) is 69.1. The first kappa shape index (κ1) is 30.4. The third kappa shape index (κ3) is 4.63. The Balaban J connectivity index is 1.31. The maximum Gasteiger partial charge on any atom is 0.0535 e. The minimum atomic E-state index is -0.0943. The maximum atomic E-state index is 2.48. The topological polar surface area (TPSA) is 4.93 Å². The van der Waals surface area contributed by atoms with Gasteiger partial charge in [-0.15, -0.1) is 0 Å². The lowest BCUT2D eigenvalue weighted by molar-refractivity contribution is 0.660. The molecule has 1 aromatic heterocycles. The van der Waals surface area contributed by atoms with Crippen LogP contribution in [0.1, 0.15) is 25.0 Å². The summed E-state index contributed by atoms with van der Waals surface area (Å²) in [5.74, 6) is 0. The van der Waals surface area contributed by atoms with Gasteiger partial charge in [-0.2, -0.15) is 0 Å². The zero-order valence-electron chi connectivity index (χ0n) is 29.3. The van der Waals surface area contributed by atoms with Crippen LogP contribution in [0.15, 0.2) is 188 Å². The lowest BCUT2D eigenvalue weighted by atomic mass is 9.80. The fourth-order valence-corrected chi connectivity index (χ4v) is 8.78. The van der Waals surface area contributed by atoms with E-state index in [1.54, 1.807) is 0 Å². The Kier molecular flexibility index (Phi) is 6.91. The van der Waals surface area contributed by atoms with Crippen LogP contribution < -0.4 is 0 Å². The molecule has 0 N–H and O–H groups in total. The summed E-state index contributed by atoms with van der Waals surface area (Å²) < 4.78 is 2.44. The monoisotopic (exact) mass is 663 g/mol. The summed E-state index contributed by atoms with van der Waals surface area (Å²) in [5.41, 5.74) is 16.2. The van der Waals surface area contributed by atoms with Crippen LogP contribution in [0, 0.1) is 0 Å². The fourth-order valence-electron chi connectivity index (χ4n) is 8.78. The summed E-state index contributed by atoms with van der Waals surface area (Å²) in [6.07, 6.45) is 0. The van der Waals surface area contributed by atoms with Gasteiger partial charge in [0.05, 0.1) is 11.4 Å². The van der Waals surface area contributed by atoms with Gasteiger partial charge in [-0.25, -0.2) is 0 Å². The predicted molar refractivity (Wildman–Crippen MR) is 220 cm³/mol. The highest BCUT2D eigenvalue weighted by molar-refractivity contribution is 6.22. The first-order valence-corrected chi connectivity index (χ1v) is 18.2. The first-order valence-electron chi connectivity index (χ1n) is 18.2. The van der Waals surface area contributed by atoms with Crippen molar-refractivity contribution in [2.24, 2.45) is 0 Å². The van der Waals surface area contributed by atoms with E-state index in [1.165, 1.54) is 88.6 Å². The molecular formula is C51H37N. The average molecular weight is 664 g/mol. The molecule has 1 heterocycles. The molecule has 0 unspecified atom stereocenters. The van der Waals surface area contributed by atoms with Gasteiger partial charge in [0.25, 0.3) is 0 Å². The highest BCUT2D eigenvalue weighted by Gasteiger charge is 2.35. The van der Waals surface area contributed by atoms with E-state index in [2.05, 4.69) is 206 Å². The molecule has 1 aliphatic rings. The molecule has 52 heavy (non-hydrogen) atoms. The molecule has 0 aliphatic heterocycles. The van der Waals surface area contributed by atoms with Crippen LogP contribution in [0.25, 0.3) is 83.1 Å². The van der Waals surface area contributed by atoms with E-state index in [0.717, 1.165) is 5.69 Å². The number of aromatic nitrogens is 1. The Labute approximate surface area is 305 Å². The van der Waals surface area contributed by atoms with E-state index in [9.17, 15) is 0 Å². The smallest absolute Gasteiger partial charge is 0.0535 e. The molecule has 0 bridgehead atoms. The van der Waals surface area contributed by atoms with E-state index < -0.39 is 0 Å². The molecule has 1 nitrogen and oxygen atoms in total. The quantitative estimate of drug-likeness (QED) is 0.162. The van der Waals surface area contributed by atoms with Crippen molar-refractivity contribution in [1.82, 2.24) is 4.57 Å². The number of rotatable bonds is 5. The van der Waals surface area contributed by atoms with Crippen LogP contribution >= 0.6 is 0 Å². The predicted octanol–water partition coefficient (Wildman–Crippen LogP) is 13.8. The SMILES string of the molecule is CC1(C)c2ccccc2-c2ccc(-c3c4ccccc4c(-c4ccccc4)c4ccc(-n5c(-c6ccccc6)ccc5-c5ccccc5)cc34)cc21. The molecule has 0 atom stereocenters. The number of nitrogens with zero attached hydrogens (tertiary/aromatic N) is 1. The summed E-state index contributed by atoms with van der Waals surface area (Å²) >= 11 is 0. The Morgan fingerprint density at radius 2 is 0.846 bits per heavy atom. The molecule has 8 aromatic carbocycles. The molecule has 0 fully saturated rings. The van der Waals surface area contributed by atoms with Gasteiger partial charge < -0.3 is 4.57 Å². The van der Waals surface area contributed by atoms with Crippen molar-refractivity contribution < 1.29 is 0 Å². The lowest BCUT2D eigenvalue weighted by Crippen LogP contribution is -2.14. The van der Waals surface area contributed by atoms with Gasteiger partial charge in [-0.05, 0) is 108 Å². The normalized spacial score (nSPS) is 13.0. The Bertz CT molecular complexity index is 2730. The minimum absolute atomic E-state index is 0.0943. The standard InChI is InChI=1S/C51H37N/c1-51(2)45-25-15-14-22-39(45)40-28-26-37(32-46(40)51)50-42-24-13-12-23-41(42)49(36-20-10-5-11-21-36)43-29-27-38(33-44(43)50)52-47(34-16-6-3-7-17-34)30-31-48(52)35-18-8-4-9-19-35/h3-33H,1-2H3. The number of hydrogen-bond donors (Lipinski definition) is 0. The van der Waals surface area contributed by atoms with Gasteiger partial charge in [0, 0.05) is 11.1 Å². The third-order valence-electron chi connectivity index (χ3n) is 11.2. The van der Waals surface area contributed by atoms with Crippen molar-refractivity contribution in [2.45, 2.75) is 19.3 Å².